The highest BCUT2D eigenvalue weighted by atomic mass is 35.5. The van der Waals surface area contributed by atoms with Gasteiger partial charge in [-0.15, -0.1) is 11.8 Å². The maximum absolute atomic E-state index is 13.2. The summed E-state index contributed by atoms with van der Waals surface area (Å²) < 4.78 is 67.1. The van der Waals surface area contributed by atoms with Crippen molar-refractivity contribution in [2.24, 2.45) is 0 Å². The third kappa shape index (κ3) is 5.04. The molecule has 1 aliphatic heterocycles. The van der Waals surface area contributed by atoms with Crippen molar-refractivity contribution >= 4 is 39.1 Å². The van der Waals surface area contributed by atoms with Crippen molar-refractivity contribution in [1.82, 2.24) is 4.90 Å². The van der Waals surface area contributed by atoms with E-state index in [4.69, 9.17) is 16.3 Å². The lowest BCUT2D eigenvalue weighted by Gasteiger charge is -2.18. The van der Waals surface area contributed by atoms with Crippen molar-refractivity contribution in [2.45, 2.75) is 29.1 Å². The predicted octanol–water partition coefficient (Wildman–Crippen LogP) is 4.56. The van der Waals surface area contributed by atoms with E-state index in [0.29, 0.717) is 22.5 Å². The maximum Gasteiger partial charge on any atom is 0.398 e. The Kier molecular flexibility index (Phi) is 6.31. The van der Waals surface area contributed by atoms with Gasteiger partial charge in [0.05, 0.1) is 28.3 Å². The van der Waals surface area contributed by atoms with Gasteiger partial charge in [0.1, 0.15) is 5.75 Å². The zero-order valence-electron chi connectivity index (χ0n) is 15.9. The number of hydrogen-bond donors (Lipinski definition) is 0. The lowest BCUT2D eigenvalue weighted by molar-refractivity contribution is -0.105. The number of nitrogens with zero attached hydrogens (tertiary/aromatic N) is 1. The van der Waals surface area contributed by atoms with Crippen LogP contribution in [0.1, 0.15) is 21.5 Å². The van der Waals surface area contributed by atoms with E-state index in [1.807, 2.05) is 0 Å². The second-order valence-corrected chi connectivity index (χ2v) is 10.2. The molecule has 11 heteroatoms. The van der Waals surface area contributed by atoms with E-state index >= 15 is 0 Å². The van der Waals surface area contributed by atoms with E-state index < -0.39 is 27.7 Å². The molecule has 0 radical (unpaired) electrons. The Labute approximate surface area is 181 Å². The Balaban J connectivity index is 1.95. The number of ether oxygens (including phenoxy) is 1. The van der Waals surface area contributed by atoms with Crippen LogP contribution in [0.3, 0.4) is 0 Å². The van der Waals surface area contributed by atoms with Gasteiger partial charge in [-0.1, -0.05) is 11.6 Å². The monoisotopic (exact) mass is 479 g/mol. The smallest absolute Gasteiger partial charge is 0.398 e. The first-order valence-corrected chi connectivity index (χ1v) is 11.8. The van der Waals surface area contributed by atoms with Crippen LogP contribution >= 0.6 is 23.4 Å². The Hall–Kier alpha value is -1.91. The molecule has 0 aliphatic carbocycles. The van der Waals surface area contributed by atoms with Crippen molar-refractivity contribution in [1.29, 1.82) is 0 Å². The zero-order chi connectivity index (χ0) is 22.3. The number of benzene rings is 2. The number of fused-ring (bicyclic) bond motifs is 1. The number of methoxy groups -OCH3 is 1. The summed E-state index contributed by atoms with van der Waals surface area (Å²) in [5, 5.41) is 0.381. The van der Waals surface area contributed by atoms with E-state index in [-0.39, 0.29) is 28.4 Å². The quantitative estimate of drug-likeness (QED) is 0.588. The summed E-state index contributed by atoms with van der Waals surface area (Å²) in [6.45, 7) is 0.401. The minimum atomic E-state index is -4.43. The highest BCUT2D eigenvalue weighted by molar-refractivity contribution is 7.99. The van der Waals surface area contributed by atoms with Crippen LogP contribution in [0.5, 0.6) is 5.75 Å². The molecular weight excluding hydrogens is 463 g/mol. The molecule has 0 atom stereocenters. The number of thioether (sulfide) groups is 1. The van der Waals surface area contributed by atoms with Crippen LogP contribution in [-0.2, 0) is 22.9 Å². The van der Waals surface area contributed by atoms with Crippen LogP contribution in [0.2, 0.25) is 5.02 Å². The number of hydrogen-bond acceptors (Lipinski definition) is 5. The van der Waals surface area contributed by atoms with Gasteiger partial charge >= 0.3 is 6.18 Å². The fourth-order valence-electron chi connectivity index (χ4n) is 3.06. The molecule has 0 bridgehead atoms. The van der Waals surface area contributed by atoms with Gasteiger partial charge in [-0.05, 0) is 41.5 Å². The van der Waals surface area contributed by atoms with Crippen LogP contribution in [-0.4, -0.2) is 44.5 Å². The lowest BCUT2D eigenvalue weighted by atomic mass is 10.1. The maximum atomic E-state index is 13.2. The highest BCUT2D eigenvalue weighted by Crippen LogP contribution is 2.36. The second kappa shape index (κ2) is 8.32. The normalized spacial score (nSPS) is 14.0. The third-order valence-electron chi connectivity index (χ3n) is 4.48. The number of halogens is 4. The fraction of sp³-hybridized carbons (Fsp3) is 0.316. The standard InChI is InChI=1S/C19H17ClF3NO4S2/c1-28-16-6-12-9-24(8-11(12)5-15(16)20)18(25)14-7-13(30(2,26)27)3-4-17(14)29-10-19(21,22)23/h3-7H,8-10H2,1-2H3. The van der Waals surface area contributed by atoms with E-state index in [0.717, 1.165) is 23.4 Å². The zero-order valence-corrected chi connectivity index (χ0v) is 18.3. The van der Waals surface area contributed by atoms with Crippen LogP contribution in [0.4, 0.5) is 13.2 Å². The minimum Gasteiger partial charge on any atom is -0.495 e. The van der Waals surface area contributed by atoms with Crippen LogP contribution in [0.15, 0.2) is 40.1 Å². The third-order valence-corrected chi connectivity index (χ3v) is 7.03. The summed E-state index contributed by atoms with van der Waals surface area (Å²) in [5.74, 6) is -1.31. The number of alkyl halides is 3. The summed E-state index contributed by atoms with van der Waals surface area (Å²) in [7, 11) is -2.18. The van der Waals surface area contributed by atoms with Crippen molar-refractivity contribution in [3.63, 3.8) is 0 Å². The average Bonchev–Trinajstić information content (AvgIpc) is 3.06. The molecule has 0 saturated carbocycles. The van der Waals surface area contributed by atoms with E-state index in [2.05, 4.69) is 0 Å². The van der Waals surface area contributed by atoms with Gasteiger partial charge < -0.3 is 9.64 Å². The summed E-state index contributed by atoms with van der Waals surface area (Å²) in [6, 6.07) is 6.96. The summed E-state index contributed by atoms with van der Waals surface area (Å²) >= 11 is 6.57. The Morgan fingerprint density at radius 1 is 1.20 bits per heavy atom. The molecule has 3 rings (SSSR count). The molecule has 30 heavy (non-hydrogen) atoms. The molecule has 2 aromatic carbocycles. The number of carbonyl (C=O) groups excluding carboxylic acids is 1. The average molecular weight is 480 g/mol. The van der Waals surface area contributed by atoms with Gasteiger partial charge in [0.25, 0.3) is 5.91 Å². The fourth-order valence-corrected chi connectivity index (χ4v) is 4.76. The molecule has 2 aromatic rings. The van der Waals surface area contributed by atoms with Crippen molar-refractivity contribution in [3.05, 3.63) is 52.0 Å². The number of carbonyl (C=O) groups is 1. The molecule has 0 aromatic heterocycles. The largest absolute Gasteiger partial charge is 0.495 e. The van der Waals surface area contributed by atoms with Gasteiger partial charge in [0.2, 0.25) is 0 Å². The van der Waals surface area contributed by atoms with Crippen LogP contribution in [0.25, 0.3) is 0 Å². The first kappa shape index (κ1) is 22.8. The highest BCUT2D eigenvalue weighted by Gasteiger charge is 2.31. The second-order valence-electron chi connectivity index (χ2n) is 6.75. The van der Waals surface area contributed by atoms with Gasteiger partial charge in [-0.2, -0.15) is 13.2 Å². The van der Waals surface area contributed by atoms with Gasteiger partial charge in [-0.3, -0.25) is 4.79 Å². The summed E-state index contributed by atoms with van der Waals surface area (Å²) in [4.78, 5) is 14.5. The summed E-state index contributed by atoms with van der Waals surface area (Å²) in [5.41, 5.74) is 1.50. The number of amides is 1. The minimum absolute atomic E-state index is 0.0660. The van der Waals surface area contributed by atoms with Gasteiger partial charge in [0, 0.05) is 24.2 Å². The molecule has 5 nitrogen and oxygen atoms in total. The van der Waals surface area contributed by atoms with Crippen LogP contribution in [0, 0.1) is 0 Å². The van der Waals surface area contributed by atoms with Crippen molar-refractivity contribution in [2.75, 3.05) is 19.1 Å². The number of rotatable bonds is 5. The van der Waals surface area contributed by atoms with Crippen LogP contribution < -0.4 is 4.74 Å². The Morgan fingerprint density at radius 2 is 1.83 bits per heavy atom. The first-order chi connectivity index (χ1) is 13.9. The van der Waals surface area contributed by atoms with Crippen molar-refractivity contribution < 1.29 is 31.1 Å². The molecule has 0 spiro atoms. The first-order valence-electron chi connectivity index (χ1n) is 8.57. The Bertz CT molecular complexity index is 1100. The van der Waals surface area contributed by atoms with Gasteiger partial charge in [-0.25, -0.2) is 8.42 Å². The lowest BCUT2D eigenvalue weighted by Crippen LogP contribution is -2.26. The van der Waals surface area contributed by atoms with Crippen molar-refractivity contribution in [3.8, 4) is 5.75 Å². The molecule has 0 saturated heterocycles. The molecular formula is C19H17ClF3NO4S2. The molecule has 1 aliphatic rings. The summed E-state index contributed by atoms with van der Waals surface area (Å²) in [6.07, 6.45) is -3.46. The van der Waals surface area contributed by atoms with E-state index in [9.17, 15) is 26.4 Å². The topological polar surface area (TPSA) is 63.7 Å². The molecule has 0 unspecified atom stereocenters. The number of sulfone groups is 1. The molecule has 1 amide bonds. The van der Waals surface area contributed by atoms with E-state index in [1.165, 1.54) is 24.1 Å². The predicted molar refractivity (Wildman–Crippen MR) is 108 cm³/mol. The molecule has 162 valence electrons. The molecule has 0 fully saturated rings. The van der Waals surface area contributed by atoms with Gasteiger partial charge in [0.15, 0.2) is 9.84 Å². The Morgan fingerprint density at radius 3 is 2.40 bits per heavy atom. The molecule has 0 N–H and O–H groups in total. The molecule has 1 heterocycles. The SMILES string of the molecule is COc1cc2c(cc1Cl)CN(C(=O)c1cc(S(C)(=O)=O)ccc1SCC(F)(F)F)C2. The van der Waals surface area contributed by atoms with E-state index in [1.54, 1.807) is 12.1 Å².